The number of imidazole rings is 1. The molecule has 10 heteroatoms. The van der Waals surface area contributed by atoms with Crippen LogP contribution in [0, 0.1) is 0 Å². The van der Waals surface area contributed by atoms with Crippen LogP contribution in [0.15, 0.2) is 97.5 Å². The number of piperidine rings is 1. The number of aromatic amines is 1. The summed E-state index contributed by atoms with van der Waals surface area (Å²) in [6.07, 6.45) is 5.39. The number of methoxy groups -OCH3 is 1. The van der Waals surface area contributed by atoms with Gasteiger partial charge in [0.2, 0.25) is 17.7 Å². The fraction of sp³-hybridized carbons (Fsp3) is 0.333. The number of anilines is 1. The third kappa shape index (κ3) is 6.75. The molecule has 46 heavy (non-hydrogen) atoms. The standard InChI is InChI=1S/C36H40N6O4/c1-46-31-15-12-27(13-16-31)22-32(39-33(43)17-14-29-23-37-25-38-29)34(44)40-20-18-36(19-21-40)35(45)41(24-28-8-4-2-5-9-28)26-42(36)30-10-6-3-7-11-30/h2-13,15-16,23,25,32H,14,17-22,24,26H2,1H3,(H,37,38)(H,39,43)/t32-/m1/s1. The Balaban J connectivity index is 1.18. The summed E-state index contributed by atoms with van der Waals surface area (Å²) >= 11 is 0. The predicted molar refractivity (Wildman–Crippen MR) is 175 cm³/mol. The SMILES string of the molecule is COc1ccc(C[C@@H](NC(=O)CCc2c[nH]cn2)C(=O)N2CCC3(CC2)C(=O)N(Cc2ccccc2)CN3c2ccccc2)cc1. The zero-order valence-corrected chi connectivity index (χ0v) is 26.1. The van der Waals surface area contributed by atoms with Gasteiger partial charge in [0.1, 0.15) is 17.3 Å². The van der Waals surface area contributed by atoms with Crippen LogP contribution in [0.5, 0.6) is 5.75 Å². The monoisotopic (exact) mass is 620 g/mol. The van der Waals surface area contributed by atoms with Gasteiger partial charge in [-0.25, -0.2) is 4.98 Å². The van der Waals surface area contributed by atoms with E-state index in [4.69, 9.17) is 4.74 Å². The highest BCUT2D eigenvalue weighted by Gasteiger charge is 2.54. The number of benzene rings is 3. The Labute approximate surface area is 269 Å². The summed E-state index contributed by atoms with van der Waals surface area (Å²) in [6.45, 7) is 1.84. The topological polar surface area (TPSA) is 111 Å². The summed E-state index contributed by atoms with van der Waals surface area (Å²) in [7, 11) is 1.61. The van der Waals surface area contributed by atoms with Gasteiger partial charge in [-0.2, -0.15) is 0 Å². The molecule has 10 nitrogen and oxygen atoms in total. The number of aromatic nitrogens is 2. The molecule has 1 aromatic heterocycles. The van der Waals surface area contributed by atoms with Gasteiger partial charge in [-0.15, -0.1) is 0 Å². The lowest BCUT2D eigenvalue weighted by molar-refractivity contribution is -0.141. The molecule has 2 saturated heterocycles. The number of rotatable bonds is 11. The minimum absolute atomic E-state index is 0.0914. The first kappa shape index (κ1) is 30.9. The van der Waals surface area contributed by atoms with Crippen molar-refractivity contribution in [1.82, 2.24) is 25.1 Å². The fourth-order valence-corrected chi connectivity index (χ4v) is 6.58. The van der Waals surface area contributed by atoms with E-state index in [1.807, 2.05) is 94.7 Å². The van der Waals surface area contributed by atoms with E-state index >= 15 is 0 Å². The van der Waals surface area contributed by atoms with Gasteiger partial charge in [0, 0.05) is 44.4 Å². The normalized spacial score (nSPS) is 16.5. The maximum atomic E-state index is 14.2. The molecule has 238 valence electrons. The summed E-state index contributed by atoms with van der Waals surface area (Å²) in [4.78, 5) is 54.4. The van der Waals surface area contributed by atoms with E-state index in [0.29, 0.717) is 52.0 Å². The van der Waals surface area contributed by atoms with Gasteiger partial charge >= 0.3 is 0 Å². The molecule has 0 bridgehead atoms. The molecular formula is C36H40N6O4. The maximum absolute atomic E-state index is 14.2. The van der Waals surface area contributed by atoms with E-state index in [-0.39, 0.29) is 24.1 Å². The number of nitrogens with one attached hydrogen (secondary N) is 2. The van der Waals surface area contributed by atoms with Crippen LogP contribution in [0.25, 0.3) is 0 Å². The molecule has 4 aromatic rings. The number of carbonyl (C=O) groups is 3. The van der Waals surface area contributed by atoms with Crippen LogP contribution in [0.2, 0.25) is 0 Å². The lowest BCUT2D eigenvalue weighted by Gasteiger charge is -2.44. The first-order chi connectivity index (χ1) is 22.4. The summed E-state index contributed by atoms with van der Waals surface area (Å²) in [6, 6.07) is 26.9. The van der Waals surface area contributed by atoms with Crippen LogP contribution in [-0.2, 0) is 33.8 Å². The summed E-state index contributed by atoms with van der Waals surface area (Å²) in [5.41, 5.74) is 3.04. The van der Waals surface area contributed by atoms with E-state index < -0.39 is 11.6 Å². The summed E-state index contributed by atoms with van der Waals surface area (Å²) < 4.78 is 5.30. The Kier molecular flexibility index (Phi) is 9.33. The van der Waals surface area contributed by atoms with Crippen molar-refractivity contribution in [3.05, 3.63) is 114 Å². The quantitative estimate of drug-likeness (QED) is 0.263. The minimum Gasteiger partial charge on any atom is -0.497 e. The molecule has 3 heterocycles. The second-order valence-electron chi connectivity index (χ2n) is 12.0. The first-order valence-electron chi connectivity index (χ1n) is 15.8. The molecule has 1 spiro atoms. The Morgan fingerprint density at radius 1 is 0.957 bits per heavy atom. The van der Waals surface area contributed by atoms with E-state index in [0.717, 1.165) is 28.3 Å². The van der Waals surface area contributed by atoms with Crippen molar-refractivity contribution in [2.24, 2.45) is 0 Å². The van der Waals surface area contributed by atoms with Gasteiger partial charge in [0.25, 0.3) is 0 Å². The molecule has 2 aliphatic rings. The molecule has 6 rings (SSSR count). The zero-order valence-electron chi connectivity index (χ0n) is 26.1. The third-order valence-corrected chi connectivity index (χ3v) is 9.10. The minimum atomic E-state index is -0.745. The molecule has 2 fully saturated rings. The molecule has 0 radical (unpaired) electrons. The number of likely N-dealkylation sites (tertiary alicyclic amines) is 1. The number of amides is 3. The molecule has 1 atom stereocenters. The molecule has 2 aliphatic heterocycles. The number of ether oxygens (including phenoxy) is 1. The first-order valence-corrected chi connectivity index (χ1v) is 15.8. The van der Waals surface area contributed by atoms with E-state index in [1.165, 1.54) is 0 Å². The van der Waals surface area contributed by atoms with Crippen LogP contribution in [0.4, 0.5) is 5.69 Å². The van der Waals surface area contributed by atoms with Crippen molar-refractivity contribution in [1.29, 1.82) is 0 Å². The van der Waals surface area contributed by atoms with Crippen molar-refractivity contribution in [2.75, 3.05) is 31.8 Å². The van der Waals surface area contributed by atoms with Gasteiger partial charge in [-0.3, -0.25) is 14.4 Å². The molecule has 3 amide bonds. The van der Waals surface area contributed by atoms with Crippen molar-refractivity contribution in [3.63, 3.8) is 0 Å². The van der Waals surface area contributed by atoms with Gasteiger partial charge in [-0.05, 0) is 54.7 Å². The fourth-order valence-electron chi connectivity index (χ4n) is 6.58. The predicted octanol–water partition coefficient (Wildman–Crippen LogP) is 3.95. The van der Waals surface area contributed by atoms with Crippen molar-refractivity contribution >= 4 is 23.4 Å². The highest BCUT2D eigenvalue weighted by molar-refractivity contribution is 5.94. The van der Waals surface area contributed by atoms with Crippen LogP contribution < -0.4 is 15.0 Å². The number of hydrogen-bond donors (Lipinski definition) is 2. The number of H-pyrrole nitrogens is 1. The lowest BCUT2D eigenvalue weighted by atomic mass is 9.85. The molecule has 3 aromatic carbocycles. The smallest absolute Gasteiger partial charge is 0.250 e. The average molecular weight is 621 g/mol. The Morgan fingerprint density at radius 2 is 1.65 bits per heavy atom. The van der Waals surface area contributed by atoms with Gasteiger partial charge in [0.15, 0.2) is 0 Å². The summed E-state index contributed by atoms with van der Waals surface area (Å²) in [5.74, 6) is 0.466. The number of para-hydroxylation sites is 1. The maximum Gasteiger partial charge on any atom is 0.250 e. The number of hydrogen-bond acceptors (Lipinski definition) is 6. The van der Waals surface area contributed by atoms with Crippen molar-refractivity contribution < 1.29 is 19.1 Å². The summed E-state index contributed by atoms with van der Waals surface area (Å²) in [5, 5.41) is 3.01. The highest BCUT2D eigenvalue weighted by atomic mass is 16.5. The average Bonchev–Trinajstić information content (AvgIpc) is 3.71. The van der Waals surface area contributed by atoms with Gasteiger partial charge < -0.3 is 29.7 Å². The molecular weight excluding hydrogens is 580 g/mol. The number of carbonyl (C=O) groups excluding carboxylic acids is 3. The van der Waals surface area contributed by atoms with Crippen molar-refractivity contribution in [3.8, 4) is 5.75 Å². The van der Waals surface area contributed by atoms with E-state index in [2.05, 4.69) is 20.2 Å². The Hall–Kier alpha value is -5.12. The van der Waals surface area contributed by atoms with Crippen LogP contribution >= 0.6 is 0 Å². The van der Waals surface area contributed by atoms with Gasteiger partial charge in [0.05, 0.1) is 25.8 Å². The zero-order chi connectivity index (χ0) is 31.9. The van der Waals surface area contributed by atoms with Crippen LogP contribution in [0.3, 0.4) is 0 Å². The van der Waals surface area contributed by atoms with E-state index in [1.54, 1.807) is 19.6 Å². The van der Waals surface area contributed by atoms with Crippen molar-refractivity contribution in [2.45, 2.75) is 50.2 Å². The third-order valence-electron chi connectivity index (χ3n) is 9.10. The number of aryl methyl sites for hydroxylation is 1. The molecule has 2 N–H and O–H groups in total. The van der Waals surface area contributed by atoms with E-state index in [9.17, 15) is 14.4 Å². The Bertz CT molecular complexity index is 1600. The molecule has 0 unspecified atom stereocenters. The number of nitrogens with zero attached hydrogens (tertiary/aromatic N) is 4. The van der Waals surface area contributed by atoms with Crippen LogP contribution in [0.1, 0.15) is 36.1 Å². The lowest BCUT2D eigenvalue weighted by Crippen LogP contribution is -2.59. The molecule has 0 aliphatic carbocycles. The highest BCUT2D eigenvalue weighted by Crippen LogP contribution is 2.40. The van der Waals surface area contributed by atoms with Crippen LogP contribution in [-0.4, -0.2) is 75.9 Å². The second-order valence-corrected chi connectivity index (χ2v) is 12.0. The van der Waals surface area contributed by atoms with Gasteiger partial charge in [-0.1, -0.05) is 60.7 Å². The largest absolute Gasteiger partial charge is 0.497 e. The molecule has 0 saturated carbocycles. The second kappa shape index (κ2) is 13.9. The Morgan fingerprint density at radius 3 is 2.30 bits per heavy atom.